The smallest absolute Gasteiger partial charge is 0.0766 e. The first-order valence-electron chi connectivity index (χ1n) is 5.88. The fourth-order valence-corrected chi connectivity index (χ4v) is 2.59. The average molecular weight is 305 g/mol. The van der Waals surface area contributed by atoms with Crippen LogP contribution in [0.2, 0.25) is 0 Å². The van der Waals surface area contributed by atoms with Crippen molar-refractivity contribution in [2.24, 2.45) is 13.0 Å². The van der Waals surface area contributed by atoms with Gasteiger partial charge in [0.2, 0.25) is 0 Å². The lowest BCUT2D eigenvalue weighted by Gasteiger charge is -2.18. The number of halogens is 1. The topological polar surface area (TPSA) is 47.3 Å². The molecule has 1 aromatic heterocycles. The van der Waals surface area contributed by atoms with Gasteiger partial charge in [-0.15, -0.1) is 0 Å². The molecule has 5 heteroatoms. The van der Waals surface area contributed by atoms with E-state index in [1.54, 1.807) is 7.11 Å². The number of aliphatic hydroxyl groups is 1. The lowest BCUT2D eigenvalue weighted by molar-refractivity contribution is 0.0563. The molecule has 0 aliphatic carbocycles. The molecule has 0 radical (unpaired) electrons. The summed E-state index contributed by atoms with van der Waals surface area (Å²) < 4.78 is 7.91. The highest BCUT2D eigenvalue weighted by Crippen LogP contribution is 2.24. The Labute approximate surface area is 111 Å². The summed E-state index contributed by atoms with van der Waals surface area (Å²) in [4.78, 5) is 0. The van der Waals surface area contributed by atoms with Crippen LogP contribution in [-0.4, -0.2) is 34.7 Å². The van der Waals surface area contributed by atoms with E-state index in [1.807, 2.05) is 18.7 Å². The Morgan fingerprint density at radius 3 is 2.65 bits per heavy atom. The van der Waals surface area contributed by atoms with E-state index in [4.69, 9.17) is 4.74 Å². The van der Waals surface area contributed by atoms with Crippen LogP contribution in [0.4, 0.5) is 0 Å². The van der Waals surface area contributed by atoms with E-state index in [0.29, 0.717) is 13.0 Å². The summed E-state index contributed by atoms with van der Waals surface area (Å²) in [5.74, 6) is 0.117. The van der Waals surface area contributed by atoms with Crippen LogP contribution in [0, 0.1) is 5.92 Å². The third-order valence-corrected chi connectivity index (χ3v) is 3.91. The molecular weight excluding hydrogens is 284 g/mol. The van der Waals surface area contributed by atoms with Crippen LogP contribution in [-0.2, 0) is 24.6 Å². The molecule has 4 nitrogen and oxygen atoms in total. The minimum absolute atomic E-state index is 0.117. The standard InChI is InChI=1S/C12H21BrN2O2/c1-5-9-12(13)10(15(3)14-9)6-11(16)8(2)7-17-4/h8,11,16H,5-7H2,1-4H3. The van der Waals surface area contributed by atoms with Crippen LogP contribution >= 0.6 is 15.9 Å². The largest absolute Gasteiger partial charge is 0.392 e. The van der Waals surface area contributed by atoms with Gasteiger partial charge in [-0.05, 0) is 22.4 Å². The Balaban J connectivity index is 2.77. The second-order valence-corrected chi connectivity index (χ2v) is 5.18. The van der Waals surface area contributed by atoms with Crippen molar-refractivity contribution in [3.05, 3.63) is 15.9 Å². The van der Waals surface area contributed by atoms with E-state index >= 15 is 0 Å². The van der Waals surface area contributed by atoms with Gasteiger partial charge in [0, 0.05) is 26.5 Å². The van der Waals surface area contributed by atoms with Gasteiger partial charge in [0.15, 0.2) is 0 Å². The monoisotopic (exact) mass is 304 g/mol. The van der Waals surface area contributed by atoms with Crippen LogP contribution in [0.5, 0.6) is 0 Å². The lowest BCUT2D eigenvalue weighted by atomic mass is 10.0. The van der Waals surface area contributed by atoms with Crippen LogP contribution in [0.1, 0.15) is 25.2 Å². The lowest BCUT2D eigenvalue weighted by Crippen LogP contribution is -2.25. The van der Waals surface area contributed by atoms with Gasteiger partial charge >= 0.3 is 0 Å². The number of aliphatic hydroxyl groups excluding tert-OH is 1. The van der Waals surface area contributed by atoms with Gasteiger partial charge in [0.25, 0.3) is 0 Å². The van der Waals surface area contributed by atoms with Crippen molar-refractivity contribution in [1.29, 1.82) is 0 Å². The van der Waals surface area contributed by atoms with Crippen LogP contribution < -0.4 is 0 Å². The second kappa shape index (κ2) is 6.52. The third-order valence-electron chi connectivity index (χ3n) is 2.99. The number of nitrogens with zero attached hydrogens (tertiary/aromatic N) is 2. The summed E-state index contributed by atoms with van der Waals surface area (Å²) in [6.07, 6.45) is 1.07. The molecule has 0 aromatic carbocycles. The minimum Gasteiger partial charge on any atom is -0.392 e. The maximum absolute atomic E-state index is 10.1. The summed E-state index contributed by atoms with van der Waals surface area (Å²) in [5.41, 5.74) is 2.08. The number of ether oxygens (including phenoxy) is 1. The van der Waals surface area contributed by atoms with E-state index in [-0.39, 0.29) is 5.92 Å². The number of methoxy groups -OCH3 is 1. The van der Waals surface area contributed by atoms with E-state index in [2.05, 4.69) is 28.0 Å². The Morgan fingerprint density at radius 1 is 1.53 bits per heavy atom. The van der Waals surface area contributed by atoms with Gasteiger partial charge in [0.05, 0.1) is 28.6 Å². The third kappa shape index (κ3) is 3.53. The van der Waals surface area contributed by atoms with E-state index in [9.17, 15) is 5.11 Å². The molecule has 1 aromatic rings. The molecule has 0 bridgehead atoms. The number of aryl methyl sites for hydroxylation is 2. The molecule has 0 spiro atoms. The maximum atomic E-state index is 10.1. The van der Waals surface area contributed by atoms with Gasteiger partial charge in [-0.25, -0.2) is 0 Å². The second-order valence-electron chi connectivity index (χ2n) is 4.39. The molecule has 2 unspecified atom stereocenters. The molecule has 17 heavy (non-hydrogen) atoms. The van der Waals surface area contributed by atoms with Crippen molar-refractivity contribution >= 4 is 15.9 Å². The van der Waals surface area contributed by atoms with Crippen LogP contribution in [0.25, 0.3) is 0 Å². The average Bonchev–Trinajstić information content (AvgIpc) is 2.56. The zero-order chi connectivity index (χ0) is 13.0. The van der Waals surface area contributed by atoms with Crippen LogP contribution in [0.15, 0.2) is 4.47 Å². The van der Waals surface area contributed by atoms with Crippen molar-refractivity contribution in [3.63, 3.8) is 0 Å². The molecule has 0 aliphatic rings. The molecule has 0 saturated heterocycles. The van der Waals surface area contributed by atoms with Gasteiger partial charge in [0.1, 0.15) is 0 Å². The Morgan fingerprint density at radius 2 is 2.18 bits per heavy atom. The minimum atomic E-state index is -0.411. The van der Waals surface area contributed by atoms with Crippen LogP contribution in [0.3, 0.4) is 0 Å². The van der Waals surface area contributed by atoms with E-state index in [1.165, 1.54) is 0 Å². The summed E-state index contributed by atoms with van der Waals surface area (Å²) in [7, 11) is 3.56. The molecule has 2 atom stereocenters. The first-order valence-corrected chi connectivity index (χ1v) is 6.67. The first kappa shape index (κ1) is 14.7. The summed E-state index contributed by atoms with van der Waals surface area (Å²) in [6, 6.07) is 0. The quantitative estimate of drug-likeness (QED) is 0.873. The van der Waals surface area contributed by atoms with E-state index < -0.39 is 6.10 Å². The van der Waals surface area contributed by atoms with Crippen molar-refractivity contribution in [2.45, 2.75) is 32.8 Å². The molecular formula is C12H21BrN2O2. The summed E-state index contributed by atoms with van der Waals surface area (Å²) in [6.45, 7) is 4.62. The Kier molecular flexibility index (Phi) is 5.62. The van der Waals surface area contributed by atoms with Gasteiger partial charge in [-0.1, -0.05) is 13.8 Å². The van der Waals surface area contributed by atoms with Crippen molar-refractivity contribution < 1.29 is 9.84 Å². The molecule has 1 rings (SSSR count). The fraction of sp³-hybridized carbons (Fsp3) is 0.750. The first-order chi connectivity index (χ1) is 8.01. The summed E-state index contributed by atoms with van der Waals surface area (Å²) in [5, 5.41) is 14.5. The highest BCUT2D eigenvalue weighted by molar-refractivity contribution is 9.10. The number of hydrogen-bond donors (Lipinski definition) is 1. The van der Waals surface area contributed by atoms with Crippen molar-refractivity contribution in [3.8, 4) is 0 Å². The van der Waals surface area contributed by atoms with Crippen molar-refractivity contribution in [2.75, 3.05) is 13.7 Å². The van der Waals surface area contributed by atoms with Gasteiger partial charge < -0.3 is 9.84 Å². The van der Waals surface area contributed by atoms with E-state index in [0.717, 1.165) is 22.3 Å². The van der Waals surface area contributed by atoms with Crippen molar-refractivity contribution in [1.82, 2.24) is 9.78 Å². The number of hydrogen-bond acceptors (Lipinski definition) is 3. The highest BCUT2D eigenvalue weighted by Gasteiger charge is 2.20. The SMILES string of the molecule is CCc1nn(C)c(CC(O)C(C)COC)c1Br. The molecule has 98 valence electrons. The molecule has 0 saturated carbocycles. The molecule has 1 heterocycles. The predicted molar refractivity (Wildman–Crippen MR) is 71.0 cm³/mol. The fourth-order valence-electron chi connectivity index (χ4n) is 1.81. The zero-order valence-corrected chi connectivity index (χ0v) is 12.5. The predicted octanol–water partition coefficient (Wildman–Crippen LogP) is 1.93. The Bertz CT molecular complexity index is 366. The molecule has 0 amide bonds. The van der Waals surface area contributed by atoms with Gasteiger partial charge in [-0.3, -0.25) is 4.68 Å². The zero-order valence-electron chi connectivity index (χ0n) is 10.9. The highest BCUT2D eigenvalue weighted by atomic mass is 79.9. The Hall–Kier alpha value is -0.390. The van der Waals surface area contributed by atoms with Gasteiger partial charge in [-0.2, -0.15) is 5.10 Å². The number of aromatic nitrogens is 2. The summed E-state index contributed by atoms with van der Waals surface area (Å²) >= 11 is 3.55. The maximum Gasteiger partial charge on any atom is 0.0766 e. The molecule has 1 N–H and O–H groups in total. The normalized spacial score (nSPS) is 14.9. The number of rotatable bonds is 6. The molecule has 0 fully saturated rings. The molecule has 0 aliphatic heterocycles.